The molecule has 0 bridgehead atoms. The smallest absolute Gasteiger partial charge is 0.126 e. The maximum absolute atomic E-state index is 5.93. The highest BCUT2D eigenvalue weighted by Crippen LogP contribution is 2.44. The first kappa shape index (κ1) is 31.2. The maximum atomic E-state index is 5.93. The number of hydrogen-bond acceptors (Lipinski definition) is 3. The summed E-state index contributed by atoms with van der Waals surface area (Å²) >= 11 is 0. The fourth-order valence-electron chi connectivity index (χ4n) is 5.29. The first-order chi connectivity index (χ1) is 19.6. The number of hydrogen-bond donors (Lipinski definition) is 0. The Morgan fingerprint density at radius 2 is 0.595 bits per heavy atom. The molecule has 0 aliphatic rings. The second kappa shape index (κ2) is 11.5. The van der Waals surface area contributed by atoms with E-state index in [1.165, 1.54) is 16.7 Å². The molecule has 42 heavy (non-hydrogen) atoms. The quantitative estimate of drug-likeness (QED) is 0.233. The molecule has 0 aliphatic heterocycles. The van der Waals surface area contributed by atoms with Crippen molar-refractivity contribution in [2.75, 3.05) is 21.3 Å². The molecule has 0 heterocycles. The molecule has 0 spiro atoms. The van der Waals surface area contributed by atoms with Crippen molar-refractivity contribution < 1.29 is 14.2 Å². The average molecular weight is 565 g/mol. The molecular weight excluding hydrogens is 516 g/mol. The van der Waals surface area contributed by atoms with E-state index in [1.54, 1.807) is 21.3 Å². The fourth-order valence-corrected chi connectivity index (χ4v) is 5.29. The third-order valence-corrected chi connectivity index (χ3v) is 8.06. The number of rotatable bonds is 6. The maximum Gasteiger partial charge on any atom is 0.126 e. The molecule has 0 radical (unpaired) electrons. The zero-order valence-electron chi connectivity index (χ0n) is 27.7. The lowest BCUT2D eigenvalue weighted by molar-refractivity contribution is 0.415. The Balaban J connectivity index is 2.11. The molecule has 4 rings (SSSR count). The summed E-state index contributed by atoms with van der Waals surface area (Å²) in [7, 11) is 5.23. The Morgan fingerprint density at radius 1 is 0.357 bits per heavy atom. The van der Waals surface area contributed by atoms with Gasteiger partial charge in [0, 0.05) is 16.7 Å². The number of benzene rings is 4. The highest BCUT2D eigenvalue weighted by molar-refractivity contribution is 5.86. The van der Waals surface area contributed by atoms with Gasteiger partial charge in [-0.2, -0.15) is 0 Å². The van der Waals surface area contributed by atoms with E-state index in [0.717, 1.165) is 50.6 Å². The zero-order chi connectivity index (χ0) is 31.0. The second-order valence-electron chi connectivity index (χ2n) is 14.3. The van der Waals surface area contributed by atoms with Crippen molar-refractivity contribution >= 4 is 0 Å². The SMILES string of the molecule is COc1ccc(C(C)(C)C)cc1-c1cc(-c2cc(C(C)(C)C)ccc2OC)cc(-c2cc(C(C)(C)C)ccc2OC)c1. The zero-order valence-corrected chi connectivity index (χ0v) is 27.7. The minimum atomic E-state index is -0.00399. The van der Waals surface area contributed by atoms with E-state index < -0.39 is 0 Å². The van der Waals surface area contributed by atoms with Crippen molar-refractivity contribution in [3.8, 4) is 50.6 Å². The van der Waals surface area contributed by atoms with E-state index in [-0.39, 0.29) is 16.2 Å². The van der Waals surface area contributed by atoms with Crippen LogP contribution in [0.3, 0.4) is 0 Å². The topological polar surface area (TPSA) is 27.7 Å². The lowest BCUT2D eigenvalue weighted by Crippen LogP contribution is -2.11. The molecule has 0 N–H and O–H groups in total. The van der Waals surface area contributed by atoms with E-state index in [4.69, 9.17) is 14.2 Å². The van der Waals surface area contributed by atoms with Gasteiger partial charge in [-0.3, -0.25) is 0 Å². The van der Waals surface area contributed by atoms with Crippen LogP contribution >= 0.6 is 0 Å². The molecule has 0 aromatic heterocycles. The average Bonchev–Trinajstić information content (AvgIpc) is 2.94. The summed E-state index contributed by atoms with van der Waals surface area (Å²) in [6, 6.07) is 26.4. The van der Waals surface area contributed by atoms with E-state index in [0.29, 0.717) is 0 Å². The summed E-state index contributed by atoms with van der Waals surface area (Å²) in [5.41, 5.74) is 10.2. The van der Waals surface area contributed by atoms with Gasteiger partial charge in [0.2, 0.25) is 0 Å². The summed E-state index contributed by atoms with van der Waals surface area (Å²) in [5, 5.41) is 0. The standard InChI is InChI=1S/C39H48O3/c1-37(2,3)28-13-16-34(40-10)31(22-28)25-19-26(32-23-29(38(4,5)6)14-17-35(32)41-11)21-27(20-25)33-24-30(39(7,8)9)15-18-36(33)42-12/h13-24H,1-12H3. The Hall–Kier alpha value is -3.72. The minimum absolute atomic E-state index is 0.00399. The molecule has 0 aliphatic carbocycles. The normalized spacial score (nSPS) is 12.3. The summed E-state index contributed by atoms with van der Waals surface area (Å²) in [6.07, 6.45) is 0. The molecule has 4 aromatic rings. The summed E-state index contributed by atoms with van der Waals surface area (Å²) in [6.45, 7) is 20.2. The molecule has 222 valence electrons. The van der Waals surface area contributed by atoms with Gasteiger partial charge in [0.1, 0.15) is 17.2 Å². The lowest BCUT2D eigenvalue weighted by atomic mass is 9.82. The molecule has 0 unspecified atom stereocenters. The summed E-state index contributed by atoms with van der Waals surface area (Å²) in [5.74, 6) is 2.53. The van der Waals surface area contributed by atoms with Crippen LogP contribution in [-0.2, 0) is 16.2 Å². The molecule has 3 nitrogen and oxygen atoms in total. The van der Waals surface area contributed by atoms with Crippen molar-refractivity contribution in [2.24, 2.45) is 0 Å². The van der Waals surface area contributed by atoms with Crippen LogP contribution in [0.4, 0.5) is 0 Å². The van der Waals surface area contributed by atoms with E-state index in [1.807, 2.05) is 0 Å². The van der Waals surface area contributed by atoms with Crippen LogP contribution < -0.4 is 14.2 Å². The van der Waals surface area contributed by atoms with Gasteiger partial charge in [-0.15, -0.1) is 0 Å². The van der Waals surface area contributed by atoms with Crippen molar-refractivity contribution in [2.45, 2.75) is 78.6 Å². The van der Waals surface area contributed by atoms with Crippen LogP contribution in [0, 0.1) is 0 Å². The third kappa shape index (κ3) is 6.51. The van der Waals surface area contributed by atoms with Gasteiger partial charge in [0.15, 0.2) is 0 Å². The van der Waals surface area contributed by atoms with Gasteiger partial charge < -0.3 is 14.2 Å². The van der Waals surface area contributed by atoms with Crippen molar-refractivity contribution in [3.05, 3.63) is 89.5 Å². The molecule has 0 amide bonds. The molecule has 0 saturated carbocycles. The third-order valence-electron chi connectivity index (χ3n) is 8.06. The van der Waals surface area contributed by atoms with Crippen LogP contribution in [0.15, 0.2) is 72.8 Å². The van der Waals surface area contributed by atoms with Crippen LogP contribution in [0.25, 0.3) is 33.4 Å². The predicted octanol–water partition coefficient (Wildman–Crippen LogP) is 10.6. The van der Waals surface area contributed by atoms with Crippen LogP contribution in [0.2, 0.25) is 0 Å². The molecular formula is C39H48O3. The predicted molar refractivity (Wildman–Crippen MR) is 179 cm³/mol. The van der Waals surface area contributed by atoms with Crippen molar-refractivity contribution in [3.63, 3.8) is 0 Å². The van der Waals surface area contributed by atoms with Crippen LogP contribution in [0.5, 0.6) is 17.2 Å². The van der Waals surface area contributed by atoms with Crippen LogP contribution in [0.1, 0.15) is 79.0 Å². The fraction of sp³-hybridized carbons (Fsp3) is 0.385. The highest BCUT2D eigenvalue weighted by Gasteiger charge is 2.22. The highest BCUT2D eigenvalue weighted by atomic mass is 16.5. The van der Waals surface area contributed by atoms with Gasteiger partial charge >= 0.3 is 0 Å². The Bertz CT molecular complexity index is 1370. The van der Waals surface area contributed by atoms with E-state index in [9.17, 15) is 0 Å². The van der Waals surface area contributed by atoms with Gasteiger partial charge in [-0.1, -0.05) is 80.5 Å². The largest absolute Gasteiger partial charge is 0.496 e. The second-order valence-corrected chi connectivity index (χ2v) is 14.3. The van der Waals surface area contributed by atoms with Crippen LogP contribution in [-0.4, -0.2) is 21.3 Å². The van der Waals surface area contributed by atoms with Gasteiger partial charge in [-0.05, 0) is 104 Å². The monoisotopic (exact) mass is 564 g/mol. The Labute approximate surface area is 253 Å². The van der Waals surface area contributed by atoms with Gasteiger partial charge in [-0.25, -0.2) is 0 Å². The molecule has 0 atom stereocenters. The first-order valence-corrected chi connectivity index (χ1v) is 14.8. The van der Waals surface area contributed by atoms with Crippen molar-refractivity contribution in [1.82, 2.24) is 0 Å². The van der Waals surface area contributed by atoms with Gasteiger partial charge in [0.05, 0.1) is 21.3 Å². The van der Waals surface area contributed by atoms with E-state index >= 15 is 0 Å². The summed E-state index contributed by atoms with van der Waals surface area (Å²) < 4.78 is 17.8. The molecule has 3 heteroatoms. The first-order valence-electron chi connectivity index (χ1n) is 14.8. The molecule has 0 fully saturated rings. The van der Waals surface area contributed by atoms with E-state index in [2.05, 4.69) is 135 Å². The van der Waals surface area contributed by atoms with Crippen molar-refractivity contribution in [1.29, 1.82) is 0 Å². The number of ether oxygens (including phenoxy) is 3. The Morgan fingerprint density at radius 3 is 0.786 bits per heavy atom. The Kier molecular flexibility index (Phi) is 8.56. The summed E-state index contributed by atoms with van der Waals surface area (Å²) in [4.78, 5) is 0. The lowest BCUT2D eigenvalue weighted by Gasteiger charge is -2.24. The minimum Gasteiger partial charge on any atom is -0.496 e. The molecule has 4 aromatic carbocycles. The number of methoxy groups -OCH3 is 3. The molecule has 0 saturated heterocycles. The van der Waals surface area contributed by atoms with Gasteiger partial charge in [0.25, 0.3) is 0 Å².